The fourth-order valence-corrected chi connectivity index (χ4v) is 2.96. The minimum Gasteiger partial charge on any atom is -0.503 e. The van der Waals surface area contributed by atoms with Crippen molar-refractivity contribution >= 4 is 11.7 Å². The Bertz CT molecular complexity index is 690. The monoisotopic (exact) mass is 360 g/mol. The molecule has 0 saturated heterocycles. The zero-order valence-corrected chi connectivity index (χ0v) is 16.2. The van der Waals surface area contributed by atoms with Crippen molar-refractivity contribution in [3.8, 4) is 0 Å². The topological polar surface area (TPSA) is 79.7 Å². The van der Waals surface area contributed by atoms with Gasteiger partial charge in [-0.05, 0) is 31.9 Å². The molecular formula is C20H28N2O4. The Hall–Kier alpha value is -2.21. The molecule has 2 rings (SSSR count). The number of hydrogen-bond donors (Lipinski definition) is 1. The van der Waals surface area contributed by atoms with E-state index in [2.05, 4.69) is 4.98 Å². The number of carbonyl (C=O) groups is 2. The summed E-state index contributed by atoms with van der Waals surface area (Å²) >= 11 is 0. The van der Waals surface area contributed by atoms with Gasteiger partial charge < -0.3 is 14.7 Å². The van der Waals surface area contributed by atoms with E-state index in [9.17, 15) is 14.7 Å². The summed E-state index contributed by atoms with van der Waals surface area (Å²) in [5.74, 6) is -1.21. The molecule has 0 fully saturated rings. The lowest BCUT2D eigenvalue weighted by atomic mass is 9.82. The predicted octanol–water partition coefficient (Wildman–Crippen LogP) is 3.21. The Morgan fingerprint density at radius 1 is 1.38 bits per heavy atom. The third kappa shape index (κ3) is 4.30. The second kappa shape index (κ2) is 7.99. The summed E-state index contributed by atoms with van der Waals surface area (Å²) in [6.07, 6.45) is 3.99. The molecule has 1 aromatic rings. The fraction of sp³-hybridized carbons (Fsp3) is 0.550. The van der Waals surface area contributed by atoms with Crippen LogP contribution in [0.25, 0.3) is 0 Å². The molecule has 1 unspecified atom stereocenters. The second-order valence-electron chi connectivity index (χ2n) is 7.80. The van der Waals surface area contributed by atoms with Gasteiger partial charge in [0.25, 0.3) is 5.91 Å². The summed E-state index contributed by atoms with van der Waals surface area (Å²) < 4.78 is 5.54. The molecule has 2 heterocycles. The molecular weight excluding hydrogens is 332 g/mol. The third-order valence-electron chi connectivity index (χ3n) is 4.22. The zero-order chi connectivity index (χ0) is 19.5. The van der Waals surface area contributed by atoms with Crippen molar-refractivity contribution in [3.05, 3.63) is 41.4 Å². The Balaban J connectivity index is 2.34. The Morgan fingerprint density at radius 3 is 2.62 bits per heavy atom. The van der Waals surface area contributed by atoms with Crippen LogP contribution in [0.2, 0.25) is 0 Å². The van der Waals surface area contributed by atoms with Crippen LogP contribution in [0.15, 0.2) is 35.9 Å². The summed E-state index contributed by atoms with van der Waals surface area (Å²) in [4.78, 5) is 31.2. The number of ether oxygens (including phenoxy) is 1. The van der Waals surface area contributed by atoms with Gasteiger partial charge in [-0.15, -0.1) is 0 Å². The lowest BCUT2D eigenvalue weighted by molar-refractivity contribution is -0.129. The minimum absolute atomic E-state index is 0.114. The van der Waals surface area contributed by atoms with E-state index in [0.717, 1.165) is 0 Å². The average Bonchev–Trinajstić information content (AvgIpc) is 2.82. The van der Waals surface area contributed by atoms with E-state index in [1.54, 1.807) is 39.2 Å². The summed E-state index contributed by atoms with van der Waals surface area (Å²) in [7, 11) is 0. The maximum atomic E-state index is 12.9. The van der Waals surface area contributed by atoms with Gasteiger partial charge in [0.15, 0.2) is 11.5 Å². The van der Waals surface area contributed by atoms with Gasteiger partial charge in [0.1, 0.15) is 0 Å². The molecule has 1 aromatic heterocycles. The largest absolute Gasteiger partial charge is 0.503 e. The number of amides is 1. The van der Waals surface area contributed by atoms with Gasteiger partial charge in [0.2, 0.25) is 0 Å². The lowest BCUT2D eigenvalue weighted by Gasteiger charge is -2.28. The predicted molar refractivity (Wildman–Crippen MR) is 98.5 cm³/mol. The van der Waals surface area contributed by atoms with E-state index in [-0.39, 0.29) is 17.5 Å². The lowest BCUT2D eigenvalue weighted by Crippen LogP contribution is -2.34. The first-order valence-corrected chi connectivity index (χ1v) is 8.95. The molecule has 1 atom stereocenters. The van der Waals surface area contributed by atoms with Gasteiger partial charge in [-0.2, -0.15) is 0 Å². The number of aliphatic hydroxyl groups is 1. The molecule has 26 heavy (non-hydrogen) atoms. The highest BCUT2D eigenvalue weighted by Crippen LogP contribution is 2.40. The Kier molecular flexibility index (Phi) is 6.18. The fourth-order valence-electron chi connectivity index (χ4n) is 2.96. The SMILES string of the molecule is CC(C)OCCCN1C(=O)C(O)=C(C(=O)C(C)(C)C)C1c1cccnc1. The van der Waals surface area contributed by atoms with Crippen LogP contribution in [0.1, 0.15) is 52.6 Å². The number of aliphatic hydroxyl groups excluding tert-OH is 1. The van der Waals surface area contributed by atoms with Crippen LogP contribution < -0.4 is 0 Å². The Morgan fingerprint density at radius 2 is 2.08 bits per heavy atom. The van der Waals surface area contributed by atoms with E-state index in [0.29, 0.717) is 25.1 Å². The van der Waals surface area contributed by atoms with Crippen molar-refractivity contribution in [1.29, 1.82) is 0 Å². The molecule has 6 nitrogen and oxygen atoms in total. The van der Waals surface area contributed by atoms with E-state index in [4.69, 9.17) is 4.74 Å². The van der Waals surface area contributed by atoms with Crippen LogP contribution in [0.4, 0.5) is 0 Å². The van der Waals surface area contributed by atoms with E-state index < -0.39 is 23.1 Å². The first-order valence-electron chi connectivity index (χ1n) is 8.95. The summed E-state index contributed by atoms with van der Waals surface area (Å²) in [6, 6.07) is 2.95. The zero-order valence-electron chi connectivity index (χ0n) is 16.2. The molecule has 0 bridgehead atoms. The first kappa shape index (κ1) is 20.1. The van der Waals surface area contributed by atoms with Crippen molar-refractivity contribution < 1.29 is 19.4 Å². The van der Waals surface area contributed by atoms with Crippen LogP contribution in [0.5, 0.6) is 0 Å². The number of aromatic nitrogens is 1. The average molecular weight is 360 g/mol. The van der Waals surface area contributed by atoms with Gasteiger partial charge in [-0.1, -0.05) is 26.8 Å². The number of carbonyl (C=O) groups excluding carboxylic acids is 2. The number of pyridine rings is 1. The molecule has 0 radical (unpaired) electrons. The van der Waals surface area contributed by atoms with Crippen LogP contribution in [0.3, 0.4) is 0 Å². The van der Waals surface area contributed by atoms with Crippen molar-refractivity contribution in [2.24, 2.45) is 5.41 Å². The van der Waals surface area contributed by atoms with Crippen molar-refractivity contribution in [3.63, 3.8) is 0 Å². The molecule has 0 saturated carbocycles. The molecule has 1 aliphatic heterocycles. The van der Waals surface area contributed by atoms with Crippen LogP contribution in [-0.4, -0.2) is 45.9 Å². The smallest absolute Gasteiger partial charge is 0.290 e. The van der Waals surface area contributed by atoms with E-state index in [1.165, 1.54) is 4.90 Å². The molecule has 0 spiro atoms. The highest BCUT2D eigenvalue weighted by atomic mass is 16.5. The van der Waals surface area contributed by atoms with E-state index >= 15 is 0 Å². The second-order valence-corrected chi connectivity index (χ2v) is 7.80. The van der Waals surface area contributed by atoms with Gasteiger partial charge >= 0.3 is 0 Å². The van der Waals surface area contributed by atoms with E-state index in [1.807, 2.05) is 19.9 Å². The van der Waals surface area contributed by atoms with Gasteiger partial charge in [0.05, 0.1) is 17.7 Å². The number of ketones is 1. The number of hydrogen-bond acceptors (Lipinski definition) is 5. The van der Waals surface area contributed by atoms with Gasteiger partial charge in [-0.25, -0.2) is 0 Å². The maximum Gasteiger partial charge on any atom is 0.290 e. The highest BCUT2D eigenvalue weighted by molar-refractivity contribution is 6.10. The quantitative estimate of drug-likeness (QED) is 0.755. The molecule has 1 amide bonds. The van der Waals surface area contributed by atoms with Crippen LogP contribution in [0, 0.1) is 5.41 Å². The first-order chi connectivity index (χ1) is 12.1. The number of Topliss-reactive ketones (excluding diaryl/α,β-unsaturated/α-hetero) is 1. The summed E-state index contributed by atoms with van der Waals surface area (Å²) in [5, 5.41) is 10.5. The minimum atomic E-state index is -0.708. The van der Waals surface area contributed by atoms with Crippen LogP contribution >= 0.6 is 0 Å². The van der Waals surface area contributed by atoms with Crippen molar-refractivity contribution in [1.82, 2.24) is 9.88 Å². The van der Waals surface area contributed by atoms with Crippen molar-refractivity contribution in [2.75, 3.05) is 13.2 Å². The number of nitrogens with zero attached hydrogens (tertiary/aromatic N) is 2. The number of rotatable bonds is 7. The molecule has 6 heteroatoms. The molecule has 1 aliphatic rings. The standard InChI is InChI=1S/C20H28N2O4/c1-13(2)26-11-7-10-22-16(14-8-6-9-21-12-14)15(17(23)19(22)25)18(24)20(3,4)5/h6,8-9,12-13,16,23H,7,10-11H2,1-5H3. The van der Waals surface area contributed by atoms with Gasteiger partial charge in [0, 0.05) is 31.0 Å². The maximum absolute atomic E-state index is 12.9. The summed E-state index contributed by atoms with van der Waals surface area (Å²) in [5.41, 5.74) is 0.156. The molecule has 142 valence electrons. The highest BCUT2D eigenvalue weighted by Gasteiger charge is 2.45. The molecule has 0 aliphatic carbocycles. The third-order valence-corrected chi connectivity index (χ3v) is 4.22. The van der Waals surface area contributed by atoms with Crippen LogP contribution in [-0.2, 0) is 14.3 Å². The normalized spacial score (nSPS) is 18.2. The Labute approximate surface area is 154 Å². The molecule has 0 aromatic carbocycles. The molecule has 1 N–H and O–H groups in total. The van der Waals surface area contributed by atoms with Crippen molar-refractivity contribution in [2.45, 2.75) is 53.2 Å². The summed E-state index contributed by atoms with van der Waals surface area (Å²) in [6.45, 7) is 10.1. The van der Waals surface area contributed by atoms with Gasteiger partial charge in [-0.3, -0.25) is 14.6 Å².